The van der Waals surface area contributed by atoms with Crippen molar-refractivity contribution in [2.45, 2.75) is 25.8 Å². The molecule has 0 radical (unpaired) electrons. The van der Waals surface area contributed by atoms with Gasteiger partial charge < -0.3 is 10.0 Å². The van der Waals surface area contributed by atoms with E-state index in [9.17, 15) is 9.59 Å². The van der Waals surface area contributed by atoms with Crippen LogP contribution in [0.3, 0.4) is 0 Å². The third-order valence-corrected chi connectivity index (χ3v) is 2.81. The van der Waals surface area contributed by atoms with Crippen molar-refractivity contribution < 1.29 is 14.7 Å². The number of nitrogens with zero attached hydrogens (tertiary/aromatic N) is 3. The molecule has 0 saturated carbocycles. The number of rotatable bonds is 2. The Morgan fingerprint density at radius 3 is 2.94 bits per heavy atom. The van der Waals surface area contributed by atoms with E-state index in [0.717, 1.165) is 5.56 Å². The van der Waals surface area contributed by atoms with Crippen LogP contribution in [-0.4, -0.2) is 44.7 Å². The average molecular weight is 235 g/mol. The summed E-state index contributed by atoms with van der Waals surface area (Å²) in [5, 5.41) is 16.4. The third kappa shape index (κ3) is 2.25. The smallest absolute Gasteiger partial charge is 0.326 e. The highest BCUT2D eigenvalue weighted by Crippen LogP contribution is 2.19. The van der Waals surface area contributed by atoms with Crippen molar-refractivity contribution in [1.29, 1.82) is 0 Å². The summed E-state index contributed by atoms with van der Waals surface area (Å²) in [6.07, 6.45) is 2.76. The molecular weight excluding hydrogens is 222 g/mol. The van der Waals surface area contributed by atoms with Crippen LogP contribution < -0.4 is 0 Å². The lowest BCUT2D eigenvalue weighted by atomic mass is 10.2. The van der Waals surface area contributed by atoms with Gasteiger partial charge in [-0.3, -0.25) is 4.79 Å². The van der Waals surface area contributed by atoms with E-state index in [0.29, 0.717) is 19.4 Å². The van der Waals surface area contributed by atoms with Crippen molar-refractivity contribution in [1.82, 2.24) is 15.1 Å². The molecule has 17 heavy (non-hydrogen) atoms. The maximum absolute atomic E-state index is 12.1. The van der Waals surface area contributed by atoms with Gasteiger partial charge in [-0.25, -0.2) is 4.79 Å². The lowest BCUT2D eigenvalue weighted by Crippen LogP contribution is -2.40. The number of aromatic nitrogens is 2. The number of likely N-dealkylation sites (tertiary alicyclic amines) is 1. The second-order valence-electron chi connectivity index (χ2n) is 4.11. The van der Waals surface area contributed by atoms with E-state index in [1.54, 1.807) is 12.3 Å². The Balaban J connectivity index is 2.23. The van der Waals surface area contributed by atoms with Gasteiger partial charge in [0, 0.05) is 6.54 Å². The van der Waals surface area contributed by atoms with Crippen molar-refractivity contribution in [3.63, 3.8) is 0 Å². The van der Waals surface area contributed by atoms with E-state index in [2.05, 4.69) is 10.2 Å². The van der Waals surface area contributed by atoms with E-state index >= 15 is 0 Å². The van der Waals surface area contributed by atoms with Gasteiger partial charge in [-0.05, 0) is 31.4 Å². The van der Waals surface area contributed by atoms with E-state index in [1.165, 1.54) is 4.90 Å². The molecule has 0 aliphatic carbocycles. The molecule has 1 aliphatic rings. The molecule has 1 atom stereocenters. The lowest BCUT2D eigenvalue weighted by molar-refractivity contribution is -0.141. The predicted octanol–water partition coefficient (Wildman–Crippen LogP) is 0.474. The van der Waals surface area contributed by atoms with Crippen molar-refractivity contribution >= 4 is 11.9 Å². The zero-order valence-electron chi connectivity index (χ0n) is 9.46. The first-order valence-electron chi connectivity index (χ1n) is 5.42. The summed E-state index contributed by atoms with van der Waals surface area (Å²) < 4.78 is 0. The number of carboxylic acid groups (broad SMARTS) is 1. The van der Waals surface area contributed by atoms with Gasteiger partial charge in [-0.1, -0.05) is 0 Å². The fourth-order valence-corrected chi connectivity index (χ4v) is 1.98. The van der Waals surface area contributed by atoms with Crippen LogP contribution >= 0.6 is 0 Å². The zero-order chi connectivity index (χ0) is 12.4. The summed E-state index contributed by atoms with van der Waals surface area (Å²) in [6.45, 7) is 2.27. The lowest BCUT2D eigenvalue weighted by Gasteiger charge is -2.20. The second-order valence-corrected chi connectivity index (χ2v) is 4.11. The molecular formula is C11H13N3O3. The fraction of sp³-hybridized carbons (Fsp3) is 0.455. The molecule has 6 nitrogen and oxygen atoms in total. The summed E-state index contributed by atoms with van der Waals surface area (Å²) in [5.41, 5.74) is 1.03. The maximum Gasteiger partial charge on any atom is 0.326 e. The van der Waals surface area contributed by atoms with E-state index < -0.39 is 12.0 Å². The topological polar surface area (TPSA) is 83.4 Å². The molecule has 1 fully saturated rings. The minimum Gasteiger partial charge on any atom is -0.480 e. The number of carbonyl (C=O) groups excluding carboxylic acids is 1. The summed E-state index contributed by atoms with van der Waals surface area (Å²) >= 11 is 0. The Labute approximate surface area is 98.3 Å². The van der Waals surface area contributed by atoms with Crippen LogP contribution in [-0.2, 0) is 4.79 Å². The number of aryl methyl sites for hydroxylation is 1. The van der Waals surface area contributed by atoms with Crippen LogP contribution in [0.15, 0.2) is 12.3 Å². The SMILES string of the molecule is Cc1cnnc(C(=O)N2CCC[C@H]2C(=O)O)c1. The second kappa shape index (κ2) is 4.48. The molecule has 1 aromatic heterocycles. The van der Waals surface area contributed by atoms with Crippen LogP contribution in [0.25, 0.3) is 0 Å². The van der Waals surface area contributed by atoms with Crippen molar-refractivity contribution in [2.24, 2.45) is 0 Å². The quantitative estimate of drug-likeness (QED) is 0.805. The van der Waals surface area contributed by atoms with Crippen LogP contribution in [0.1, 0.15) is 28.9 Å². The van der Waals surface area contributed by atoms with Gasteiger partial charge in [-0.2, -0.15) is 5.10 Å². The minimum atomic E-state index is -0.962. The Kier molecular flexibility index (Phi) is 3.03. The number of hydrogen-bond acceptors (Lipinski definition) is 4. The highest BCUT2D eigenvalue weighted by molar-refractivity contribution is 5.95. The molecule has 2 rings (SSSR count). The summed E-state index contributed by atoms with van der Waals surface area (Å²) in [5.74, 6) is -1.32. The largest absolute Gasteiger partial charge is 0.480 e. The van der Waals surface area contributed by atoms with Crippen molar-refractivity contribution in [2.75, 3.05) is 6.54 Å². The molecule has 0 spiro atoms. The standard InChI is InChI=1S/C11H13N3O3/c1-7-5-8(13-12-6-7)10(15)14-4-2-3-9(14)11(16)17/h5-6,9H,2-4H2,1H3,(H,16,17)/t9-/m0/s1. The van der Waals surface area contributed by atoms with E-state index in [1.807, 2.05) is 6.92 Å². The Bertz CT molecular complexity index is 461. The number of hydrogen-bond donors (Lipinski definition) is 1. The molecule has 6 heteroatoms. The average Bonchev–Trinajstić information content (AvgIpc) is 2.77. The molecule has 1 N–H and O–H groups in total. The molecule has 1 aromatic rings. The maximum atomic E-state index is 12.1. The van der Waals surface area contributed by atoms with Crippen LogP contribution in [0, 0.1) is 6.92 Å². The molecule has 0 bridgehead atoms. The minimum absolute atomic E-state index is 0.207. The van der Waals surface area contributed by atoms with E-state index in [4.69, 9.17) is 5.11 Å². The molecule has 1 saturated heterocycles. The number of carbonyl (C=O) groups is 2. The number of carboxylic acids is 1. The van der Waals surface area contributed by atoms with Gasteiger partial charge in [0.1, 0.15) is 6.04 Å². The normalized spacial score (nSPS) is 19.4. The van der Waals surface area contributed by atoms with E-state index in [-0.39, 0.29) is 11.6 Å². The van der Waals surface area contributed by atoms with Gasteiger partial charge in [0.05, 0.1) is 6.20 Å². The van der Waals surface area contributed by atoms with Gasteiger partial charge >= 0.3 is 5.97 Å². The molecule has 0 aromatic carbocycles. The highest BCUT2D eigenvalue weighted by atomic mass is 16.4. The van der Waals surface area contributed by atoms with Crippen molar-refractivity contribution in [3.8, 4) is 0 Å². The van der Waals surface area contributed by atoms with Crippen LogP contribution in [0.4, 0.5) is 0 Å². The fourth-order valence-electron chi connectivity index (χ4n) is 1.98. The van der Waals surface area contributed by atoms with Gasteiger partial charge in [-0.15, -0.1) is 5.10 Å². The first-order valence-corrected chi connectivity index (χ1v) is 5.42. The Morgan fingerprint density at radius 1 is 1.53 bits per heavy atom. The Morgan fingerprint density at radius 2 is 2.29 bits per heavy atom. The van der Waals surface area contributed by atoms with Crippen molar-refractivity contribution in [3.05, 3.63) is 23.5 Å². The summed E-state index contributed by atoms with van der Waals surface area (Å²) in [6, 6.07) is 0.886. The molecule has 0 unspecified atom stereocenters. The first kappa shape index (κ1) is 11.5. The molecule has 2 heterocycles. The first-order chi connectivity index (χ1) is 8.09. The molecule has 1 aliphatic heterocycles. The third-order valence-electron chi connectivity index (χ3n) is 2.81. The Hall–Kier alpha value is -1.98. The summed E-state index contributed by atoms with van der Waals surface area (Å²) in [7, 11) is 0. The van der Waals surface area contributed by atoms with Gasteiger partial charge in [0.2, 0.25) is 0 Å². The van der Waals surface area contributed by atoms with Crippen LogP contribution in [0.5, 0.6) is 0 Å². The predicted molar refractivity (Wildman–Crippen MR) is 58.5 cm³/mol. The molecule has 1 amide bonds. The van der Waals surface area contributed by atoms with Crippen LogP contribution in [0.2, 0.25) is 0 Å². The molecule has 90 valence electrons. The van der Waals surface area contributed by atoms with Gasteiger partial charge in [0.25, 0.3) is 5.91 Å². The van der Waals surface area contributed by atoms with Gasteiger partial charge in [0.15, 0.2) is 5.69 Å². The zero-order valence-corrected chi connectivity index (χ0v) is 9.46. The number of aliphatic carboxylic acids is 1. The monoisotopic (exact) mass is 235 g/mol. The number of amides is 1. The summed E-state index contributed by atoms with van der Waals surface area (Å²) in [4.78, 5) is 24.4. The highest BCUT2D eigenvalue weighted by Gasteiger charge is 2.34.